The Balaban J connectivity index is 0.000000222. The summed E-state index contributed by atoms with van der Waals surface area (Å²) in [6.45, 7) is 0. The summed E-state index contributed by atoms with van der Waals surface area (Å²) in [5.74, 6) is 2.72. The Bertz CT molecular complexity index is 27.9. The molecule has 44 valence electrons. The molecule has 0 aliphatic carbocycles. The summed E-state index contributed by atoms with van der Waals surface area (Å²) < 4.78 is 0. The molecule has 0 N–H and O–H groups in total. The summed E-state index contributed by atoms with van der Waals surface area (Å²) in [6, 6.07) is 0. The van der Waals surface area contributed by atoms with Gasteiger partial charge in [-0.05, 0) is 11.5 Å². The molecule has 0 unspecified atom stereocenters. The molecule has 1 rings (SSSR count). The van der Waals surface area contributed by atoms with Crippen molar-refractivity contribution >= 4 is 25.4 Å². The van der Waals surface area contributed by atoms with Crippen LogP contribution in [0.1, 0.15) is 12.8 Å². The van der Waals surface area contributed by atoms with Crippen molar-refractivity contribution in [3.63, 3.8) is 0 Å². The average molecular weight is 246 g/mol. The molecule has 1 aliphatic heterocycles. The SMILES string of the molecule is [CH-]1CCSCC1.[Zn+][Br]. The molecule has 0 saturated carbocycles. The molecule has 0 atom stereocenters. The molecule has 0 amide bonds. The van der Waals surface area contributed by atoms with Gasteiger partial charge in [-0.1, -0.05) is 0 Å². The molecule has 0 aromatic rings. The minimum absolute atomic E-state index is 1.19. The topological polar surface area (TPSA) is 0 Å². The van der Waals surface area contributed by atoms with Gasteiger partial charge in [0, 0.05) is 0 Å². The molecule has 0 radical (unpaired) electrons. The molecule has 8 heavy (non-hydrogen) atoms. The summed E-state index contributed by atoms with van der Waals surface area (Å²) in [5, 5.41) is 0. The van der Waals surface area contributed by atoms with E-state index in [4.69, 9.17) is 0 Å². The third-order valence-corrected chi connectivity index (χ3v) is 1.98. The van der Waals surface area contributed by atoms with Crippen molar-refractivity contribution in [2.24, 2.45) is 0 Å². The maximum atomic E-state index is 3.06. The molecule has 0 nitrogen and oxygen atoms in total. The molecular formula is C5H9BrSZn. The first-order chi connectivity index (χ1) is 4.00. The molecule has 0 bridgehead atoms. The van der Waals surface area contributed by atoms with Crippen LogP contribution in [0.4, 0.5) is 0 Å². The van der Waals surface area contributed by atoms with E-state index in [1.807, 2.05) is 0 Å². The zero-order valence-electron chi connectivity index (χ0n) is 4.90. The van der Waals surface area contributed by atoms with E-state index < -0.39 is 0 Å². The fraction of sp³-hybridized carbons (Fsp3) is 0.800. The summed E-state index contributed by atoms with van der Waals surface area (Å²) in [7, 11) is 0. The third-order valence-electron chi connectivity index (χ3n) is 0.933. The van der Waals surface area contributed by atoms with Gasteiger partial charge in [-0.2, -0.15) is 24.6 Å². The van der Waals surface area contributed by atoms with Crippen LogP contribution in [-0.2, 0) is 16.3 Å². The van der Waals surface area contributed by atoms with Gasteiger partial charge in [-0.25, -0.2) is 0 Å². The molecule has 1 aliphatic rings. The van der Waals surface area contributed by atoms with Crippen LogP contribution >= 0.6 is 25.4 Å². The van der Waals surface area contributed by atoms with Crippen molar-refractivity contribution in [3.05, 3.63) is 6.42 Å². The van der Waals surface area contributed by atoms with Gasteiger partial charge in [0.15, 0.2) is 0 Å². The molecule has 1 heterocycles. The van der Waals surface area contributed by atoms with Crippen molar-refractivity contribution in [1.29, 1.82) is 0 Å². The monoisotopic (exact) mass is 244 g/mol. The van der Waals surface area contributed by atoms with Crippen molar-refractivity contribution in [2.75, 3.05) is 11.5 Å². The van der Waals surface area contributed by atoms with Crippen molar-refractivity contribution in [2.45, 2.75) is 12.8 Å². The van der Waals surface area contributed by atoms with Crippen molar-refractivity contribution in [1.82, 2.24) is 0 Å². The van der Waals surface area contributed by atoms with Crippen molar-refractivity contribution < 1.29 is 16.3 Å². The first-order valence-electron chi connectivity index (χ1n) is 2.66. The van der Waals surface area contributed by atoms with Crippen LogP contribution in [0, 0.1) is 6.42 Å². The Hall–Kier alpha value is 1.45. The average Bonchev–Trinajstić information content (AvgIpc) is 1.96. The summed E-state index contributed by atoms with van der Waals surface area (Å²) in [6.07, 6.45) is 5.05. The molecule has 1 saturated heterocycles. The van der Waals surface area contributed by atoms with Gasteiger partial charge in [-0.3, -0.25) is 0 Å². The summed E-state index contributed by atoms with van der Waals surface area (Å²) in [4.78, 5) is 0. The van der Waals surface area contributed by atoms with Gasteiger partial charge in [0.25, 0.3) is 0 Å². The van der Waals surface area contributed by atoms with Gasteiger partial charge in [-0.15, -0.1) is 0 Å². The van der Waals surface area contributed by atoms with Crippen LogP contribution in [0.3, 0.4) is 0 Å². The van der Waals surface area contributed by atoms with Crippen LogP contribution in [0.25, 0.3) is 0 Å². The predicted octanol–water partition coefficient (Wildman–Crippen LogP) is 2.56. The Morgan fingerprint density at radius 2 is 1.75 bits per heavy atom. The second kappa shape index (κ2) is 8.45. The van der Waals surface area contributed by atoms with Crippen LogP contribution in [-0.4, -0.2) is 11.5 Å². The van der Waals surface area contributed by atoms with Crippen LogP contribution in [0.5, 0.6) is 0 Å². The first kappa shape index (κ1) is 9.45. The Morgan fingerprint density at radius 1 is 1.25 bits per heavy atom. The first-order valence-corrected chi connectivity index (χ1v) is 10.8. The van der Waals surface area contributed by atoms with Crippen LogP contribution < -0.4 is 0 Å². The summed E-state index contributed by atoms with van der Waals surface area (Å²) in [5.41, 5.74) is 0. The van der Waals surface area contributed by atoms with Crippen LogP contribution in [0.15, 0.2) is 0 Å². The van der Waals surface area contributed by atoms with E-state index in [0.29, 0.717) is 0 Å². The number of hydrogen-bond acceptors (Lipinski definition) is 1. The Labute approximate surface area is 72.2 Å². The normalized spacial score (nSPS) is 18.9. The van der Waals surface area contributed by atoms with E-state index in [2.05, 4.69) is 31.8 Å². The fourth-order valence-electron chi connectivity index (χ4n) is 0.580. The van der Waals surface area contributed by atoms with Gasteiger partial charge < -0.3 is 6.42 Å². The zero-order chi connectivity index (χ0) is 6.24. The van der Waals surface area contributed by atoms with E-state index in [-0.39, 0.29) is 0 Å². The predicted molar refractivity (Wildman–Crippen MR) is 39.8 cm³/mol. The van der Waals surface area contributed by atoms with E-state index in [9.17, 15) is 0 Å². The number of halogens is 1. The molecule has 0 aromatic heterocycles. The standard InChI is InChI=1S/C5H9S.BrH.Zn/c1-2-4-6-5-3-1;;/h1H,2-5H2;1H;/q-1;;+2/p-1. The number of thioether (sulfide) groups is 1. The number of hydrogen-bond donors (Lipinski definition) is 0. The van der Waals surface area contributed by atoms with Gasteiger partial charge in [0.05, 0.1) is 0 Å². The Morgan fingerprint density at radius 3 is 1.88 bits per heavy atom. The second-order valence-electron chi connectivity index (χ2n) is 1.48. The quantitative estimate of drug-likeness (QED) is 0.468. The van der Waals surface area contributed by atoms with Gasteiger partial charge >= 0.3 is 30.0 Å². The van der Waals surface area contributed by atoms with E-state index >= 15 is 0 Å². The van der Waals surface area contributed by atoms with Crippen molar-refractivity contribution in [3.8, 4) is 0 Å². The molecule has 3 heteroatoms. The zero-order valence-corrected chi connectivity index (χ0v) is 10.3. The van der Waals surface area contributed by atoms with E-state index in [1.165, 1.54) is 40.7 Å². The summed E-state index contributed by atoms with van der Waals surface area (Å²) >= 11 is 6.31. The van der Waals surface area contributed by atoms with E-state index in [0.717, 1.165) is 0 Å². The maximum absolute atomic E-state index is 3.06. The van der Waals surface area contributed by atoms with Gasteiger partial charge in [0.1, 0.15) is 0 Å². The molecule has 0 aromatic carbocycles. The number of rotatable bonds is 0. The van der Waals surface area contributed by atoms with Crippen LogP contribution in [0.2, 0.25) is 0 Å². The van der Waals surface area contributed by atoms with Gasteiger partial charge in [0.2, 0.25) is 0 Å². The molecule has 1 fully saturated rings. The second-order valence-corrected chi connectivity index (χ2v) is 2.70. The molecular weight excluding hydrogens is 237 g/mol. The fourth-order valence-corrected chi connectivity index (χ4v) is 1.45. The minimum atomic E-state index is 1.19. The molecule has 0 spiro atoms. The van der Waals surface area contributed by atoms with E-state index in [1.54, 1.807) is 0 Å². The third kappa shape index (κ3) is 5.59. The Kier molecular flexibility index (Phi) is 9.99.